The minimum atomic E-state index is -3.21. The van der Waals surface area contributed by atoms with Gasteiger partial charge in [0.2, 0.25) is 10.0 Å². The van der Waals surface area contributed by atoms with Gasteiger partial charge in [0, 0.05) is 13.6 Å². The van der Waals surface area contributed by atoms with Crippen molar-refractivity contribution in [1.82, 2.24) is 4.31 Å². The van der Waals surface area contributed by atoms with Gasteiger partial charge in [0.05, 0.1) is 11.4 Å². The van der Waals surface area contributed by atoms with Crippen LogP contribution in [0.2, 0.25) is 0 Å². The average molecular weight is 289 g/mol. The van der Waals surface area contributed by atoms with Crippen LogP contribution in [-0.2, 0) is 10.0 Å². The van der Waals surface area contributed by atoms with E-state index in [9.17, 15) is 13.5 Å². The fourth-order valence-electron chi connectivity index (χ4n) is 3.48. The second-order valence-corrected chi connectivity index (χ2v) is 8.59. The van der Waals surface area contributed by atoms with E-state index in [1.165, 1.54) is 10.7 Å². The number of hydrogen-bond donors (Lipinski definition) is 1. The van der Waals surface area contributed by atoms with Gasteiger partial charge in [-0.05, 0) is 31.6 Å². The summed E-state index contributed by atoms with van der Waals surface area (Å²) in [5, 5.41) is 10.3. The Morgan fingerprint density at radius 2 is 1.68 bits per heavy atom. The van der Waals surface area contributed by atoms with Gasteiger partial charge >= 0.3 is 0 Å². The number of aliphatic hydroxyl groups is 1. The molecule has 2 aliphatic carbocycles. The molecule has 0 aromatic heterocycles. The first-order valence-corrected chi connectivity index (χ1v) is 9.19. The van der Waals surface area contributed by atoms with Crippen LogP contribution in [0.4, 0.5) is 0 Å². The van der Waals surface area contributed by atoms with Crippen molar-refractivity contribution in [2.24, 2.45) is 5.92 Å². The Bertz CT molecular complexity index is 381. The lowest BCUT2D eigenvalue weighted by Gasteiger charge is -2.30. The minimum absolute atomic E-state index is 0.263. The van der Waals surface area contributed by atoms with Crippen molar-refractivity contribution in [3.63, 3.8) is 0 Å². The van der Waals surface area contributed by atoms with Crippen molar-refractivity contribution in [3.8, 4) is 0 Å². The minimum Gasteiger partial charge on any atom is -0.389 e. The molecule has 0 bridgehead atoms. The molecule has 5 heteroatoms. The molecule has 2 rings (SSSR count). The Morgan fingerprint density at radius 1 is 1.11 bits per heavy atom. The predicted molar refractivity (Wildman–Crippen MR) is 76.4 cm³/mol. The summed E-state index contributed by atoms with van der Waals surface area (Å²) in [6.07, 6.45) is 9.12. The van der Waals surface area contributed by atoms with E-state index in [2.05, 4.69) is 0 Å². The maximum atomic E-state index is 12.3. The third-order valence-corrected chi connectivity index (χ3v) is 6.67. The van der Waals surface area contributed by atoms with Crippen molar-refractivity contribution < 1.29 is 13.5 Å². The highest BCUT2D eigenvalue weighted by Gasteiger charge is 2.36. The fraction of sp³-hybridized carbons (Fsp3) is 1.00. The van der Waals surface area contributed by atoms with Crippen LogP contribution in [0.3, 0.4) is 0 Å². The van der Waals surface area contributed by atoms with E-state index in [1.807, 2.05) is 0 Å². The summed E-state index contributed by atoms with van der Waals surface area (Å²) in [5.74, 6) is 0.582. The maximum Gasteiger partial charge on any atom is 0.214 e. The van der Waals surface area contributed by atoms with Crippen LogP contribution >= 0.6 is 0 Å². The maximum absolute atomic E-state index is 12.3. The molecule has 2 aliphatic rings. The molecule has 0 radical (unpaired) electrons. The summed E-state index contributed by atoms with van der Waals surface area (Å²) >= 11 is 0. The van der Waals surface area contributed by atoms with E-state index in [4.69, 9.17) is 0 Å². The van der Waals surface area contributed by atoms with E-state index in [0.717, 1.165) is 51.4 Å². The van der Waals surface area contributed by atoms with Crippen LogP contribution in [0.1, 0.15) is 57.8 Å². The number of likely N-dealkylation sites (N-methyl/N-ethyl adjacent to an activating group) is 1. The van der Waals surface area contributed by atoms with E-state index >= 15 is 0 Å². The van der Waals surface area contributed by atoms with Gasteiger partial charge < -0.3 is 5.11 Å². The highest BCUT2D eigenvalue weighted by atomic mass is 32.2. The smallest absolute Gasteiger partial charge is 0.214 e. The van der Waals surface area contributed by atoms with Gasteiger partial charge in [-0.2, -0.15) is 0 Å². The van der Waals surface area contributed by atoms with Crippen molar-refractivity contribution in [1.29, 1.82) is 0 Å². The third-order valence-electron chi connectivity index (χ3n) is 4.70. The van der Waals surface area contributed by atoms with Crippen LogP contribution in [0, 0.1) is 5.92 Å². The summed E-state index contributed by atoms with van der Waals surface area (Å²) in [6.45, 7) is 0.266. The van der Waals surface area contributed by atoms with Crippen LogP contribution < -0.4 is 0 Å². The lowest BCUT2D eigenvalue weighted by Crippen LogP contribution is -2.43. The van der Waals surface area contributed by atoms with Crippen LogP contribution in [0.15, 0.2) is 0 Å². The molecule has 0 aromatic carbocycles. The zero-order chi connectivity index (χ0) is 13.9. The van der Waals surface area contributed by atoms with Gasteiger partial charge in [-0.1, -0.05) is 32.1 Å². The molecule has 0 atom stereocenters. The highest BCUT2D eigenvalue weighted by Crippen LogP contribution is 2.31. The van der Waals surface area contributed by atoms with Crippen molar-refractivity contribution in [2.75, 3.05) is 19.3 Å². The molecule has 0 amide bonds. The summed E-state index contributed by atoms with van der Waals surface area (Å²) in [6, 6.07) is 0. The Kier molecular flexibility index (Phi) is 4.90. The van der Waals surface area contributed by atoms with E-state index < -0.39 is 15.6 Å². The fourth-order valence-corrected chi connectivity index (χ4v) is 5.10. The van der Waals surface area contributed by atoms with Crippen LogP contribution in [-0.4, -0.2) is 42.8 Å². The van der Waals surface area contributed by atoms with Crippen molar-refractivity contribution in [3.05, 3.63) is 0 Å². The molecule has 19 heavy (non-hydrogen) atoms. The highest BCUT2D eigenvalue weighted by molar-refractivity contribution is 7.89. The normalized spacial score (nSPS) is 25.0. The number of nitrogens with zero attached hydrogens (tertiary/aromatic N) is 1. The van der Waals surface area contributed by atoms with Gasteiger partial charge in [0.25, 0.3) is 0 Å². The Labute approximate surface area is 117 Å². The zero-order valence-electron chi connectivity index (χ0n) is 12.0. The number of rotatable bonds is 5. The molecule has 0 unspecified atom stereocenters. The molecule has 0 heterocycles. The zero-order valence-corrected chi connectivity index (χ0v) is 12.8. The predicted octanol–water partition coefficient (Wildman–Crippen LogP) is 2.13. The Morgan fingerprint density at radius 3 is 2.26 bits per heavy atom. The van der Waals surface area contributed by atoms with Gasteiger partial charge in [0.1, 0.15) is 0 Å². The van der Waals surface area contributed by atoms with Gasteiger partial charge in [-0.25, -0.2) is 12.7 Å². The third kappa shape index (κ3) is 4.17. The topological polar surface area (TPSA) is 57.6 Å². The Hall–Kier alpha value is -0.130. The number of hydrogen-bond acceptors (Lipinski definition) is 3. The second kappa shape index (κ2) is 6.10. The molecule has 4 nitrogen and oxygen atoms in total. The average Bonchev–Trinajstić information content (AvgIpc) is 2.76. The molecule has 2 fully saturated rings. The monoisotopic (exact) mass is 289 g/mol. The van der Waals surface area contributed by atoms with E-state index in [0.29, 0.717) is 5.92 Å². The molecule has 0 aliphatic heterocycles. The molecular weight excluding hydrogens is 262 g/mol. The molecule has 112 valence electrons. The molecule has 2 saturated carbocycles. The van der Waals surface area contributed by atoms with Gasteiger partial charge in [-0.15, -0.1) is 0 Å². The second-order valence-electron chi connectivity index (χ2n) is 6.47. The molecule has 1 N–H and O–H groups in total. The Balaban J connectivity index is 1.90. The summed E-state index contributed by atoms with van der Waals surface area (Å²) in [7, 11) is -1.59. The van der Waals surface area contributed by atoms with E-state index in [1.54, 1.807) is 7.05 Å². The molecule has 0 spiro atoms. The standard InChI is InChI=1S/C14H27NO3S/c1-15(12-14(16)9-5-6-10-14)19(17,18)11-13-7-3-2-4-8-13/h13,16H,2-12H2,1H3. The van der Waals surface area contributed by atoms with E-state index in [-0.39, 0.29) is 12.3 Å². The molecular formula is C14H27NO3S. The first-order chi connectivity index (χ1) is 8.91. The summed E-state index contributed by atoms with van der Waals surface area (Å²) in [4.78, 5) is 0. The SMILES string of the molecule is CN(CC1(O)CCCC1)S(=O)(=O)CC1CCCCC1. The largest absolute Gasteiger partial charge is 0.389 e. The number of sulfonamides is 1. The summed E-state index contributed by atoms with van der Waals surface area (Å²) < 4.78 is 26.1. The van der Waals surface area contributed by atoms with Crippen LogP contribution in [0.5, 0.6) is 0 Å². The quantitative estimate of drug-likeness (QED) is 0.843. The lowest BCUT2D eigenvalue weighted by molar-refractivity contribution is 0.0332. The first kappa shape index (κ1) is 15.3. The van der Waals surface area contributed by atoms with Crippen LogP contribution in [0.25, 0.3) is 0 Å². The van der Waals surface area contributed by atoms with Gasteiger partial charge in [-0.3, -0.25) is 0 Å². The molecule has 0 saturated heterocycles. The summed E-state index contributed by atoms with van der Waals surface area (Å²) in [5.41, 5.74) is -0.783. The van der Waals surface area contributed by atoms with Gasteiger partial charge in [0.15, 0.2) is 0 Å². The molecule has 0 aromatic rings. The first-order valence-electron chi connectivity index (χ1n) is 7.58. The van der Waals surface area contributed by atoms with Crippen molar-refractivity contribution >= 4 is 10.0 Å². The van der Waals surface area contributed by atoms with Crippen molar-refractivity contribution in [2.45, 2.75) is 63.4 Å². The lowest BCUT2D eigenvalue weighted by atomic mass is 9.91.